The van der Waals surface area contributed by atoms with Gasteiger partial charge >= 0.3 is 0 Å². The summed E-state index contributed by atoms with van der Waals surface area (Å²) < 4.78 is 44.2. The third-order valence-electron chi connectivity index (χ3n) is 2.76. The molecular formula is C13H14FNO4S. The van der Waals surface area contributed by atoms with Crippen LogP contribution in [-0.2, 0) is 10.0 Å². The van der Waals surface area contributed by atoms with E-state index in [-0.39, 0.29) is 13.0 Å². The highest BCUT2D eigenvalue weighted by Gasteiger charge is 2.18. The van der Waals surface area contributed by atoms with Crippen molar-refractivity contribution in [3.8, 4) is 0 Å². The third kappa shape index (κ3) is 3.44. The van der Waals surface area contributed by atoms with Gasteiger partial charge in [0.2, 0.25) is 10.0 Å². The molecule has 0 unspecified atom stereocenters. The topological polar surface area (TPSA) is 79.5 Å². The number of aliphatic hydroxyl groups excluding tert-OH is 1. The fourth-order valence-electron chi connectivity index (χ4n) is 1.70. The van der Waals surface area contributed by atoms with Crippen molar-refractivity contribution in [2.45, 2.75) is 17.4 Å². The number of nitrogens with one attached hydrogen (secondary N) is 1. The monoisotopic (exact) mass is 299 g/mol. The lowest BCUT2D eigenvalue weighted by atomic mass is 10.1. The van der Waals surface area contributed by atoms with E-state index in [0.29, 0.717) is 5.56 Å². The van der Waals surface area contributed by atoms with Crippen LogP contribution >= 0.6 is 0 Å². The van der Waals surface area contributed by atoms with Crippen molar-refractivity contribution in [3.05, 3.63) is 54.2 Å². The van der Waals surface area contributed by atoms with E-state index in [4.69, 9.17) is 4.42 Å². The van der Waals surface area contributed by atoms with Crippen LogP contribution in [0.1, 0.15) is 18.1 Å². The number of hydrogen-bond donors (Lipinski definition) is 2. The average Bonchev–Trinajstić information content (AvgIpc) is 2.92. The number of aliphatic hydroxyl groups is 1. The highest BCUT2D eigenvalue weighted by Crippen LogP contribution is 2.17. The van der Waals surface area contributed by atoms with Crippen LogP contribution < -0.4 is 4.72 Å². The van der Waals surface area contributed by atoms with E-state index in [1.54, 1.807) is 6.07 Å². The van der Waals surface area contributed by atoms with E-state index >= 15 is 0 Å². The number of hydrogen-bond acceptors (Lipinski definition) is 4. The van der Waals surface area contributed by atoms with Crippen LogP contribution in [0.5, 0.6) is 0 Å². The molecule has 0 bridgehead atoms. The number of halogens is 1. The van der Waals surface area contributed by atoms with Gasteiger partial charge in [-0.1, -0.05) is 12.1 Å². The minimum atomic E-state index is -3.91. The molecule has 0 saturated carbocycles. The quantitative estimate of drug-likeness (QED) is 0.852. The first-order chi connectivity index (χ1) is 9.50. The highest BCUT2D eigenvalue weighted by atomic mass is 32.2. The van der Waals surface area contributed by atoms with E-state index in [1.807, 2.05) is 0 Å². The van der Waals surface area contributed by atoms with Crippen molar-refractivity contribution in [3.63, 3.8) is 0 Å². The zero-order valence-electron chi connectivity index (χ0n) is 10.5. The normalized spacial score (nSPS) is 13.3. The second-order valence-electron chi connectivity index (χ2n) is 4.19. The average molecular weight is 299 g/mol. The van der Waals surface area contributed by atoms with Crippen LogP contribution in [0, 0.1) is 5.82 Å². The molecule has 0 saturated heterocycles. The Morgan fingerprint density at radius 2 is 2.05 bits per heavy atom. The van der Waals surface area contributed by atoms with Gasteiger partial charge in [0.15, 0.2) is 0 Å². The summed E-state index contributed by atoms with van der Waals surface area (Å²) >= 11 is 0. The second-order valence-corrected chi connectivity index (χ2v) is 5.92. The van der Waals surface area contributed by atoms with Gasteiger partial charge < -0.3 is 9.52 Å². The zero-order chi connectivity index (χ0) is 14.6. The largest absolute Gasteiger partial charge is 0.472 e. The molecule has 0 radical (unpaired) electrons. The Labute approximate surface area is 116 Å². The Bertz CT molecular complexity index is 655. The molecule has 0 fully saturated rings. The fraction of sp³-hybridized carbons (Fsp3) is 0.231. The molecule has 0 aliphatic heterocycles. The molecule has 1 heterocycles. The Kier molecular flexibility index (Phi) is 4.53. The lowest BCUT2D eigenvalue weighted by molar-refractivity contribution is 0.168. The van der Waals surface area contributed by atoms with Gasteiger partial charge in [-0.2, -0.15) is 0 Å². The molecule has 1 atom stereocenters. The minimum absolute atomic E-state index is 0.0109. The molecule has 2 rings (SSSR count). The van der Waals surface area contributed by atoms with Gasteiger partial charge in [0.1, 0.15) is 10.7 Å². The van der Waals surface area contributed by atoms with Gasteiger partial charge in [-0.05, 0) is 24.6 Å². The Morgan fingerprint density at radius 3 is 2.70 bits per heavy atom. The summed E-state index contributed by atoms with van der Waals surface area (Å²) in [4.78, 5) is -0.405. The first kappa shape index (κ1) is 14.7. The van der Waals surface area contributed by atoms with Crippen molar-refractivity contribution in [2.24, 2.45) is 0 Å². The number of sulfonamides is 1. The predicted molar refractivity (Wildman–Crippen MR) is 69.9 cm³/mol. The van der Waals surface area contributed by atoms with Gasteiger partial charge in [-0.3, -0.25) is 0 Å². The van der Waals surface area contributed by atoms with E-state index < -0.39 is 26.8 Å². The molecular weight excluding hydrogens is 285 g/mol. The molecule has 0 aliphatic rings. The van der Waals surface area contributed by atoms with Gasteiger partial charge in [-0.25, -0.2) is 17.5 Å². The molecule has 108 valence electrons. The standard InChI is InChI=1S/C13H14FNO4S/c14-11-3-1-2-4-13(11)20(17,18)15-7-5-12(16)10-6-8-19-9-10/h1-4,6,8-9,12,15-16H,5,7H2/t12-/m0/s1. The molecule has 7 heteroatoms. The first-order valence-electron chi connectivity index (χ1n) is 5.95. The van der Waals surface area contributed by atoms with Crippen LogP contribution in [0.2, 0.25) is 0 Å². The van der Waals surface area contributed by atoms with E-state index in [9.17, 15) is 17.9 Å². The van der Waals surface area contributed by atoms with E-state index in [2.05, 4.69) is 4.72 Å². The first-order valence-corrected chi connectivity index (χ1v) is 7.43. The smallest absolute Gasteiger partial charge is 0.243 e. The summed E-state index contributed by atoms with van der Waals surface area (Å²) in [6.07, 6.45) is 2.13. The van der Waals surface area contributed by atoms with E-state index in [0.717, 1.165) is 6.07 Å². The molecule has 0 spiro atoms. The Hall–Kier alpha value is -1.70. The molecule has 5 nitrogen and oxygen atoms in total. The molecule has 1 aromatic carbocycles. The maximum Gasteiger partial charge on any atom is 0.243 e. The highest BCUT2D eigenvalue weighted by molar-refractivity contribution is 7.89. The summed E-state index contributed by atoms with van der Waals surface area (Å²) in [6, 6.07) is 6.71. The summed E-state index contributed by atoms with van der Waals surface area (Å²) in [6.45, 7) is -0.0109. The third-order valence-corrected chi connectivity index (χ3v) is 4.26. The molecule has 0 aliphatic carbocycles. The summed E-state index contributed by atoms with van der Waals surface area (Å²) in [5.41, 5.74) is 0.565. The van der Waals surface area contributed by atoms with Crippen molar-refractivity contribution in [1.82, 2.24) is 4.72 Å². The molecule has 1 aromatic heterocycles. The molecule has 0 amide bonds. The van der Waals surface area contributed by atoms with Crippen LogP contribution in [0.25, 0.3) is 0 Å². The SMILES string of the molecule is O=S(=O)(NCC[C@H](O)c1ccoc1)c1ccccc1F. The fourth-order valence-corrected chi connectivity index (χ4v) is 2.83. The maximum absolute atomic E-state index is 13.4. The lowest BCUT2D eigenvalue weighted by Crippen LogP contribution is -2.26. The number of benzene rings is 1. The van der Waals surface area contributed by atoms with Gasteiger partial charge in [0.25, 0.3) is 0 Å². The van der Waals surface area contributed by atoms with Gasteiger partial charge in [0.05, 0.1) is 18.6 Å². The maximum atomic E-state index is 13.4. The van der Waals surface area contributed by atoms with Crippen molar-refractivity contribution in [1.29, 1.82) is 0 Å². The lowest BCUT2D eigenvalue weighted by Gasteiger charge is -2.10. The summed E-state index contributed by atoms with van der Waals surface area (Å²) in [5.74, 6) is -0.810. The molecule has 2 N–H and O–H groups in total. The minimum Gasteiger partial charge on any atom is -0.472 e. The second kappa shape index (κ2) is 6.17. The molecule has 20 heavy (non-hydrogen) atoms. The van der Waals surface area contributed by atoms with Crippen molar-refractivity contribution >= 4 is 10.0 Å². The molecule has 2 aromatic rings. The van der Waals surface area contributed by atoms with Crippen LogP contribution in [0.4, 0.5) is 4.39 Å². The Morgan fingerprint density at radius 1 is 1.30 bits per heavy atom. The number of furan rings is 1. The van der Waals surface area contributed by atoms with E-state index in [1.165, 1.54) is 30.7 Å². The van der Waals surface area contributed by atoms with Gasteiger partial charge in [0, 0.05) is 12.1 Å². The zero-order valence-corrected chi connectivity index (χ0v) is 11.3. The summed E-state index contributed by atoms with van der Waals surface area (Å²) in [5, 5.41) is 9.76. The van der Waals surface area contributed by atoms with Crippen molar-refractivity contribution < 1.29 is 22.3 Å². The summed E-state index contributed by atoms with van der Waals surface area (Å²) in [7, 11) is -3.91. The van der Waals surface area contributed by atoms with Gasteiger partial charge in [-0.15, -0.1) is 0 Å². The van der Waals surface area contributed by atoms with Crippen LogP contribution in [0.3, 0.4) is 0 Å². The Balaban J connectivity index is 1.95. The van der Waals surface area contributed by atoms with Crippen molar-refractivity contribution in [2.75, 3.05) is 6.54 Å². The van der Waals surface area contributed by atoms with Crippen LogP contribution in [0.15, 0.2) is 52.2 Å². The number of rotatable bonds is 6. The predicted octanol–water partition coefficient (Wildman–Crippen LogP) is 1.82. The van der Waals surface area contributed by atoms with Crippen LogP contribution in [-0.4, -0.2) is 20.1 Å².